The zero-order valence-corrected chi connectivity index (χ0v) is 9.47. The van der Waals surface area contributed by atoms with Gasteiger partial charge in [-0.2, -0.15) is 5.10 Å². The van der Waals surface area contributed by atoms with Crippen molar-refractivity contribution in [2.45, 2.75) is 39.6 Å². The first-order chi connectivity index (χ1) is 5.95. The lowest BCUT2D eigenvalue weighted by Crippen LogP contribution is -2.21. The summed E-state index contributed by atoms with van der Waals surface area (Å²) in [4.78, 5) is 0. The first-order valence-electron chi connectivity index (χ1n) is 4.54. The summed E-state index contributed by atoms with van der Waals surface area (Å²) in [5.41, 5.74) is 1.31. The quantitative estimate of drug-likeness (QED) is 0.671. The van der Waals surface area contributed by atoms with E-state index in [1.54, 1.807) is 0 Å². The van der Waals surface area contributed by atoms with Crippen LogP contribution in [-0.4, -0.2) is 9.78 Å². The van der Waals surface area contributed by atoms with Gasteiger partial charge in [-0.3, -0.25) is 4.68 Å². The Morgan fingerprint density at radius 3 is 2.54 bits per heavy atom. The molecule has 13 heavy (non-hydrogen) atoms. The molecule has 0 saturated heterocycles. The van der Waals surface area contributed by atoms with Gasteiger partial charge in [-0.25, -0.2) is 0 Å². The lowest BCUT2D eigenvalue weighted by molar-refractivity contribution is 0.244. The summed E-state index contributed by atoms with van der Waals surface area (Å²) in [6, 6.07) is 0.393. The second kappa shape index (κ2) is 3.70. The molecule has 0 aliphatic carbocycles. The van der Waals surface area contributed by atoms with E-state index in [1.807, 2.05) is 17.1 Å². The molecule has 1 aromatic rings. The van der Waals surface area contributed by atoms with Gasteiger partial charge in [-0.05, 0) is 12.3 Å². The van der Waals surface area contributed by atoms with Gasteiger partial charge in [0.25, 0.3) is 0 Å². The zero-order chi connectivity index (χ0) is 10.1. The summed E-state index contributed by atoms with van der Waals surface area (Å²) in [7, 11) is 0. The van der Waals surface area contributed by atoms with Crippen molar-refractivity contribution < 1.29 is 0 Å². The third-order valence-electron chi connectivity index (χ3n) is 2.46. The van der Waals surface area contributed by atoms with Crippen LogP contribution in [0.3, 0.4) is 0 Å². The van der Waals surface area contributed by atoms with Crippen molar-refractivity contribution in [3.8, 4) is 0 Å². The van der Waals surface area contributed by atoms with Gasteiger partial charge >= 0.3 is 0 Å². The van der Waals surface area contributed by atoms with Gasteiger partial charge < -0.3 is 0 Å². The van der Waals surface area contributed by atoms with Crippen LogP contribution in [-0.2, 0) is 5.88 Å². The maximum Gasteiger partial charge on any atom is 0.0539 e. The molecule has 0 amide bonds. The van der Waals surface area contributed by atoms with Crippen molar-refractivity contribution >= 4 is 11.6 Å². The number of aromatic nitrogens is 2. The van der Waals surface area contributed by atoms with E-state index < -0.39 is 0 Å². The van der Waals surface area contributed by atoms with Crippen LogP contribution in [0.15, 0.2) is 12.4 Å². The third-order valence-corrected chi connectivity index (χ3v) is 2.77. The zero-order valence-electron chi connectivity index (χ0n) is 8.71. The van der Waals surface area contributed by atoms with Gasteiger partial charge in [-0.1, -0.05) is 20.8 Å². The maximum absolute atomic E-state index is 5.71. The number of alkyl halides is 1. The van der Waals surface area contributed by atoms with Gasteiger partial charge in [-0.15, -0.1) is 11.6 Å². The second-order valence-electron chi connectivity index (χ2n) is 4.50. The average Bonchev–Trinajstić information content (AvgIpc) is 2.48. The highest BCUT2D eigenvalue weighted by atomic mass is 35.5. The van der Waals surface area contributed by atoms with Crippen LogP contribution in [0.1, 0.15) is 39.3 Å². The first-order valence-corrected chi connectivity index (χ1v) is 5.07. The molecular formula is C10H17ClN2. The van der Waals surface area contributed by atoms with Crippen LogP contribution in [0, 0.1) is 5.41 Å². The van der Waals surface area contributed by atoms with Crippen molar-refractivity contribution in [2.75, 3.05) is 0 Å². The van der Waals surface area contributed by atoms with E-state index in [9.17, 15) is 0 Å². The monoisotopic (exact) mass is 200 g/mol. The van der Waals surface area contributed by atoms with Crippen molar-refractivity contribution in [3.63, 3.8) is 0 Å². The molecule has 0 radical (unpaired) electrons. The molecule has 0 spiro atoms. The molecular weight excluding hydrogens is 184 g/mol. The Hall–Kier alpha value is -0.500. The predicted molar refractivity (Wildman–Crippen MR) is 56.0 cm³/mol. The number of hydrogen-bond donors (Lipinski definition) is 0. The molecule has 0 aliphatic rings. The van der Waals surface area contributed by atoms with Gasteiger partial charge in [0.2, 0.25) is 0 Å². The smallest absolute Gasteiger partial charge is 0.0539 e. The predicted octanol–water partition coefficient (Wildman–Crippen LogP) is 3.23. The minimum Gasteiger partial charge on any atom is -0.269 e. The molecule has 1 aromatic heterocycles. The Labute approximate surface area is 84.9 Å². The fourth-order valence-corrected chi connectivity index (χ4v) is 1.19. The van der Waals surface area contributed by atoms with E-state index in [2.05, 4.69) is 32.8 Å². The minimum atomic E-state index is 0.232. The molecule has 1 rings (SSSR count). The topological polar surface area (TPSA) is 17.8 Å². The molecule has 3 heteroatoms. The molecule has 1 atom stereocenters. The highest BCUT2D eigenvalue weighted by Crippen LogP contribution is 2.29. The van der Waals surface area contributed by atoms with E-state index in [4.69, 9.17) is 11.6 Å². The van der Waals surface area contributed by atoms with Crippen molar-refractivity contribution in [3.05, 3.63) is 18.0 Å². The summed E-state index contributed by atoms with van der Waals surface area (Å²) in [5.74, 6) is 0.539. The summed E-state index contributed by atoms with van der Waals surface area (Å²) in [6.45, 7) is 8.80. The molecule has 74 valence electrons. The molecule has 0 aromatic carbocycles. The van der Waals surface area contributed by atoms with Crippen LogP contribution < -0.4 is 0 Å². The summed E-state index contributed by atoms with van der Waals surface area (Å²) < 4.78 is 1.98. The number of hydrogen-bond acceptors (Lipinski definition) is 1. The van der Waals surface area contributed by atoms with Crippen LogP contribution in [0.25, 0.3) is 0 Å². The molecule has 0 aliphatic heterocycles. The molecule has 0 bridgehead atoms. The second-order valence-corrected chi connectivity index (χ2v) is 4.77. The van der Waals surface area contributed by atoms with E-state index in [0.717, 1.165) is 5.56 Å². The van der Waals surface area contributed by atoms with Gasteiger partial charge in [0.1, 0.15) is 0 Å². The lowest BCUT2D eigenvalue weighted by atomic mass is 9.88. The van der Waals surface area contributed by atoms with Gasteiger partial charge in [0.05, 0.1) is 18.1 Å². The standard InChI is InChI=1S/C10H17ClN2/c1-8(10(2,3)4)13-7-9(5-11)6-12-13/h6-8H,5H2,1-4H3. The highest BCUT2D eigenvalue weighted by molar-refractivity contribution is 6.17. The van der Waals surface area contributed by atoms with Crippen molar-refractivity contribution in [1.29, 1.82) is 0 Å². The highest BCUT2D eigenvalue weighted by Gasteiger charge is 2.21. The molecule has 1 unspecified atom stereocenters. The number of nitrogens with zero attached hydrogens (tertiary/aromatic N) is 2. The van der Waals surface area contributed by atoms with Crippen molar-refractivity contribution in [1.82, 2.24) is 9.78 Å². The maximum atomic E-state index is 5.71. The van der Waals surface area contributed by atoms with Gasteiger partial charge in [0, 0.05) is 11.8 Å². The number of rotatable bonds is 2. The average molecular weight is 201 g/mol. The molecule has 1 heterocycles. The van der Waals surface area contributed by atoms with E-state index in [-0.39, 0.29) is 5.41 Å². The Kier molecular flexibility index (Phi) is 3.01. The first kappa shape index (κ1) is 10.6. The third kappa shape index (κ3) is 2.47. The van der Waals surface area contributed by atoms with E-state index >= 15 is 0 Å². The van der Waals surface area contributed by atoms with Crippen LogP contribution >= 0.6 is 11.6 Å². The Morgan fingerprint density at radius 1 is 1.54 bits per heavy atom. The minimum absolute atomic E-state index is 0.232. The fraction of sp³-hybridized carbons (Fsp3) is 0.700. The SMILES string of the molecule is CC(n1cc(CCl)cn1)C(C)(C)C. The Balaban J connectivity index is 2.83. The molecule has 2 nitrogen and oxygen atoms in total. The lowest BCUT2D eigenvalue weighted by Gasteiger charge is -2.27. The summed E-state index contributed by atoms with van der Waals surface area (Å²) >= 11 is 5.71. The fourth-order valence-electron chi connectivity index (χ4n) is 1.06. The normalized spacial score (nSPS) is 14.5. The summed E-state index contributed by atoms with van der Waals surface area (Å²) in [5, 5.41) is 4.29. The number of halogens is 1. The molecule has 0 N–H and O–H groups in total. The van der Waals surface area contributed by atoms with Crippen molar-refractivity contribution in [2.24, 2.45) is 5.41 Å². The van der Waals surface area contributed by atoms with Crippen LogP contribution in [0.4, 0.5) is 0 Å². The van der Waals surface area contributed by atoms with E-state index in [0.29, 0.717) is 11.9 Å². The van der Waals surface area contributed by atoms with Gasteiger partial charge in [0.15, 0.2) is 0 Å². The Bertz CT molecular complexity index is 273. The summed E-state index contributed by atoms with van der Waals surface area (Å²) in [6.07, 6.45) is 3.85. The van der Waals surface area contributed by atoms with E-state index in [1.165, 1.54) is 0 Å². The molecule has 0 saturated carbocycles. The molecule has 0 fully saturated rings. The largest absolute Gasteiger partial charge is 0.269 e. The Morgan fingerprint density at radius 2 is 2.15 bits per heavy atom. The van der Waals surface area contributed by atoms with Crippen LogP contribution in [0.5, 0.6) is 0 Å². The van der Waals surface area contributed by atoms with Crippen LogP contribution in [0.2, 0.25) is 0 Å².